The van der Waals surface area contributed by atoms with Gasteiger partial charge in [-0.15, -0.1) is 11.8 Å². The van der Waals surface area contributed by atoms with Gasteiger partial charge in [-0.25, -0.2) is 13.2 Å². The highest BCUT2D eigenvalue weighted by Gasteiger charge is 2.28. The van der Waals surface area contributed by atoms with Gasteiger partial charge in [0.1, 0.15) is 0 Å². The van der Waals surface area contributed by atoms with Crippen LogP contribution in [0, 0.1) is 19.8 Å². The molecule has 1 atom stereocenters. The lowest BCUT2D eigenvalue weighted by atomic mass is 9.94. The summed E-state index contributed by atoms with van der Waals surface area (Å²) in [7, 11) is -3.83. The molecule has 0 spiro atoms. The van der Waals surface area contributed by atoms with Gasteiger partial charge in [-0.3, -0.25) is 4.72 Å². The van der Waals surface area contributed by atoms with Crippen LogP contribution in [0.5, 0.6) is 0 Å². The molecule has 0 saturated carbocycles. The van der Waals surface area contributed by atoms with Gasteiger partial charge < -0.3 is 29.5 Å². The van der Waals surface area contributed by atoms with Crippen molar-refractivity contribution in [3.05, 3.63) is 149 Å². The summed E-state index contributed by atoms with van der Waals surface area (Å²) in [5.41, 5.74) is 9.09. The molecule has 67 heavy (non-hydrogen) atoms. The molecule has 5 aromatic carbocycles. The highest BCUT2D eigenvalue weighted by molar-refractivity contribution is 7.99. The van der Waals surface area contributed by atoms with Crippen LogP contribution in [0.2, 0.25) is 5.02 Å². The minimum Gasteiger partial charge on any atom is -0.478 e. The Hall–Kier alpha value is -5.24. The molecule has 0 amide bonds. The van der Waals surface area contributed by atoms with Gasteiger partial charge in [0, 0.05) is 89.8 Å². The number of hydrogen-bond acceptors (Lipinski definition) is 8. The molecule has 0 bridgehead atoms. The van der Waals surface area contributed by atoms with Gasteiger partial charge in [0.05, 0.1) is 22.3 Å². The first-order chi connectivity index (χ1) is 32.4. The monoisotopic (exact) mass is 959 g/mol. The molecule has 2 aliphatic heterocycles. The normalized spacial score (nSPS) is 15.5. The summed E-state index contributed by atoms with van der Waals surface area (Å²) >= 11 is 8.14. The third-order valence-corrected chi connectivity index (χ3v) is 16.2. The predicted molar refractivity (Wildman–Crippen MR) is 276 cm³/mol. The summed E-state index contributed by atoms with van der Waals surface area (Å²) < 4.78 is 32.4. The number of thioether (sulfide) groups is 1. The van der Waals surface area contributed by atoms with E-state index in [2.05, 4.69) is 67.3 Å². The van der Waals surface area contributed by atoms with Crippen LogP contribution in [0.25, 0.3) is 22.4 Å². The second-order valence-corrected chi connectivity index (χ2v) is 21.2. The molecule has 3 N–H and O–H groups in total. The maximum Gasteiger partial charge on any atom is 0.338 e. The van der Waals surface area contributed by atoms with Crippen molar-refractivity contribution >= 4 is 56.4 Å². The fourth-order valence-electron chi connectivity index (χ4n) is 9.58. The average Bonchev–Trinajstić information content (AvgIpc) is 3.63. The summed E-state index contributed by atoms with van der Waals surface area (Å²) in [4.78, 5) is 21.4. The van der Waals surface area contributed by atoms with Gasteiger partial charge in [-0.1, -0.05) is 67.1 Å². The largest absolute Gasteiger partial charge is 0.478 e. The molecule has 0 unspecified atom stereocenters. The van der Waals surface area contributed by atoms with Crippen molar-refractivity contribution in [1.82, 2.24) is 9.47 Å². The molecule has 2 aliphatic rings. The van der Waals surface area contributed by atoms with E-state index in [-0.39, 0.29) is 11.0 Å². The Bertz CT molecular complexity index is 2730. The molecule has 1 aromatic heterocycles. The number of aromatic carboxylic acids is 1. The number of carboxylic acid groups (broad SMARTS) is 1. The van der Waals surface area contributed by atoms with Gasteiger partial charge in [-0.2, -0.15) is 0 Å². The molecule has 13 heteroatoms. The third kappa shape index (κ3) is 11.7. The molecule has 0 aliphatic carbocycles. The number of benzene rings is 5. The number of anilines is 3. The number of aromatic nitrogens is 1. The Morgan fingerprint density at radius 2 is 1.48 bits per heavy atom. The maximum absolute atomic E-state index is 13.7. The first kappa shape index (κ1) is 48.2. The van der Waals surface area contributed by atoms with Gasteiger partial charge in [0.25, 0.3) is 10.0 Å². The van der Waals surface area contributed by atoms with Crippen LogP contribution in [0.4, 0.5) is 17.1 Å². The van der Waals surface area contributed by atoms with Crippen molar-refractivity contribution in [1.29, 1.82) is 0 Å². The van der Waals surface area contributed by atoms with E-state index in [1.165, 1.54) is 4.90 Å². The number of piperazine rings is 1. The number of likely N-dealkylation sites (tertiary alicyclic amines) is 1. The first-order valence-corrected chi connectivity index (χ1v) is 26.3. The number of aliphatic hydroxyl groups is 1. The first-order valence-electron chi connectivity index (χ1n) is 23.5. The van der Waals surface area contributed by atoms with Crippen molar-refractivity contribution in [2.45, 2.75) is 75.3 Å². The molecule has 2 saturated heterocycles. The van der Waals surface area contributed by atoms with E-state index in [1.807, 2.05) is 98.4 Å². The summed E-state index contributed by atoms with van der Waals surface area (Å²) in [6.07, 6.45) is 4.23. The van der Waals surface area contributed by atoms with E-state index >= 15 is 0 Å². The molecule has 0 radical (unpaired) electrons. The predicted octanol–water partition coefficient (Wildman–Crippen LogP) is 11.1. The molecule has 10 nitrogen and oxygen atoms in total. The number of halogens is 1. The second-order valence-electron chi connectivity index (χ2n) is 18.0. The molecule has 2 fully saturated rings. The smallest absolute Gasteiger partial charge is 0.338 e. The van der Waals surface area contributed by atoms with Crippen LogP contribution in [0.15, 0.2) is 131 Å². The van der Waals surface area contributed by atoms with E-state index < -0.39 is 16.0 Å². The summed E-state index contributed by atoms with van der Waals surface area (Å²) in [5.74, 6) is 0.433. The van der Waals surface area contributed by atoms with Gasteiger partial charge in [0.15, 0.2) is 0 Å². The van der Waals surface area contributed by atoms with Crippen molar-refractivity contribution in [3.63, 3.8) is 0 Å². The molecular weight excluding hydrogens is 898 g/mol. The molecular formula is C54H62ClN5O5S2. The minimum atomic E-state index is -3.83. The van der Waals surface area contributed by atoms with E-state index in [9.17, 15) is 23.4 Å². The second kappa shape index (κ2) is 21.8. The number of carbonyl (C=O) groups is 1. The number of hydrogen-bond donors (Lipinski definition) is 3. The lowest BCUT2D eigenvalue weighted by Crippen LogP contribution is -2.46. The molecule has 8 rings (SSSR count). The van der Waals surface area contributed by atoms with Crippen LogP contribution in [-0.4, -0.2) is 91.7 Å². The minimum absolute atomic E-state index is 0.186. The zero-order valence-corrected chi connectivity index (χ0v) is 41.1. The fraction of sp³-hybridized carbons (Fsp3) is 0.352. The summed E-state index contributed by atoms with van der Waals surface area (Å²) in [5, 5.41) is 21.2. The Labute approximate surface area is 405 Å². The Morgan fingerprint density at radius 3 is 2.13 bits per heavy atom. The number of nitrogens with zero attached hydrogens (tertiary/aromatic N) is 4. The number of aryl methyl sites for hydroxylation is 1. The van der Waals surface area contributed by atoms with Crippen LogP contribution in [-0.2, 0) is 23.0 Å². The van der Waals surface area contributed by atoms with Crippen LogP contribution in [0.1, 0.15) is 59.8 Å². The van der Waals surface area contributed by atoms with Crippen LogP contribution in [0.3, 0.4) is 0 Å². The SMILES string of the molecule is CCCn1c(C)c(C(=O)O)c(-c2cccc(N3CCN(c4ccc(NS(=O)(=O)c5ccc(C[C@H](CCN6CCC(O)CC6)CSc6ccccc6)c(C)c5)cc4)CC3)c2)c1-c1ccc(Cl)cc1. The Morgan fingerprint density at radius 1 is 0.791 bits per heavy atom. The standard InChI is InChI=1S/C54H62ClN5O5S2/c1-4-26-60-39(3)51(54(62)63)52(53(60)41-13-16-44(55)17-14-41)43-9-8-10-47(36-43)59-32-30-58(31-33-59)46-20-18-45(19-21-46)56-67(64,65)50-22-15-42(38(2)34-50)35-40(37-66-49-11-6-5-7-12-49)23-27-57-28-24-48(61)25-29-57/h5-22,34,36,40,48,56,61H,4,23-33,35,37H2,1-3H3,(H,62,63)/t40-/m0/s1. The van der Waals surface area contributed by atoms with E-state index in [4.69, 9.17) is 11.6 Å². The number of nitrogens with one attached hydrogen (secondary N) is 1. The number of piperidine rings is 1. The van der Waals surface area contributed by atoms with Gasteiger partial charge in [0.2, 0.25) is 0 Å². The van der Waals surface area contributed by atoms with Crippen LogP contribution < -0.4 is 14.5 Å². The zero-order chi connectivity index (χ0) is 47.1. The lowest BCUT2D eigenvalue weighted by molar-refractivity contribution is 0.0696. The number of carboxylic acids is 1. The summed E-state index contributed by atoms with van der Waals surface area (Å²) in [6.45, 7) is 12.6. The highest BCUT2D eigenvalue weighted by atomic mass is 35.5. The highest BCUT2D eigenvalue weighted by Crippen LogP contribution is 2.41. The number of sulfonamides is 1. The van der Waals surface area contributed by atoms with Crippen molar-refractivity contribution in [3.8, 4) is 22.4 Å². The lowest BCUT2D eigenvalue weighted by Gasteiger charge is -2.37. The van der Waals surface area contributed by atoms with Crippen LogP contribution >= 0.6 is 23.4 Å². The molecule has 3 heterocycles. The Balaban J connectivity index is 0.903. The van der Waals surface area contributed by atoms with E-state index in [0.717, 1.165) is 129 Å². The molecule has 352 valence electrons. The van der Waals surface area contributed by atoms with Gasteiger partial charge >= 0.3 is 5.97 Å². The molecule has 6 aromatic rings. The van der Waals surface area contributed by atoms with E-state index in [1.54, 1.807) is 12.1 Å². The number of aliphatic hydroxyl groups excluding tert-OH is 1. The quantitative estimate of drug-likeness (QED) is 0.0724. The zero-order valence-electron chi connectivity index (χ0n) is 38.7. The fourth-order valence-corrected chi connectivity index (χ4v) is 11.9. The van der Waals surface area contributed by atoms with Crippen molar-refractivity contribution in [2.24, 2.45) is 5.92 Å². The van der Waals surface area contributed by atoms with Crippen molar-refractivity contribution < 1.29 is 23.4 Å². The van der Waals surface area contributed by atoms with Gasteiger partial charge in [-0.05, 0) is 153 Å². The average molecular weight is 961 g/mol. The third-order valence-electron chi connectivity index (χ3n) is 13.3. The summed E-state index contributed by atoms with van der Waals surface area (Å²) in [6, 6.07) is 39.4. The van der Waals surface area contributed by atoms with Crippen molar-refractivity contribution in [2.75, 3.05) is 66.1 Å². The Kier molecular flexibility index (Phi) is 15.7. The topological polar surface area (TPSA) is 118 Å². The van der Waals surface area contributed by atoms with E-state index in [0.29, 0.717) is 34.3 Å². The number of rotatable bonds is 18. The maximum atomic E-state index is 13.7.